The molecule has 0 aromatic carbocycles. The number of carbonyl (C=O) groups excluding carboxylic acids is 2. The first-order chi connectivity index (χ1) is 9.95. The normalized spacial score (nSPS) is 49.2. The van der Waals surface area contributed by atoms with Gasteiger partial charge < -0.3 is 0 Å². The topological polar surface area (TPSA) is 34.1 Å². The van der Waals surface area contributed by atoms with Gasteiger partial charge in [-0.15, -0.1) is 0 Å². The number of carbonyl (C=O) groups is 2. The lowest BCUT2D eigenvalue weighted by Crippen LogP contribution is -2.50. The predicted molar refractivity (Wildman–Crippen MR) is 81.7 cm³/mol. The second-order valence-corrected chi connectivity index (χ2v) is 8.39. The molecule has 21 heavy (non-hydrogen) atoms. The lowest BCUT2D eigenvalue weighted by Gasteiger charge is -2.56. The zero-order valence-electron chi connectivity index (χ0n) is 13.3. The van der Waals surface area contributed by atoms with Crippen LogP contribution in [0.1, 0.15) is 65.2 Å². The van der Waals surface area contributed by atoms with Crippen molar-refractivity contribution >= 4 is 11.6 Å². The first kappa shape index (κ1) is 13.7. The maximum atomic E-state index is 12.4. The first-order valence-electron chi connectivity index (χ1n) is 8.72. The van der Waals surface area contributed by atoms with Crippen molar-refractivity contribution in [2.45, 2.75) is 65.2 Å². The molecule has 0 aliphatic heterocycles. The Kier molecular flexibility index (Phi) is 2.81. The molecule has 4 rings (SSSR count). The van der Waals surface area contributed by atoms with Gasteiger partial charge >= 0.3 is 0 Å². The first-order valence-corrected chi connectivity index (χ1v) is 8.72. The fourth-order valence-corrected chi connectivity index (χ4v) is 6.33. The van der Waals surface area contributed by atoms with Gasteiger partial charge in [-0.25, -0.2) is 0 Å². The van der Waals surface area contributed by atoms with Crippen LogP contribution in [0.4, 0.5) is 0 Å². The van der Waals surface area contributed by atoms with Crippen molar-refractivity contribution in [1.82, 2.24) is 0 Å². The average molecular weight is 288 g/mol. The summed E-state index contributed by atoms with van der Waals surface area (Å²) in [5.74, 6) is 2.88. The molecule has 0 unspecified atom stereocenters. The molecule has 0 N–H and O–H groups in total. The summed E-state index contributed by atoms with van der Waals surface area (Å²) in [6, 6.07) is 0. The summed E-state index contributed by atoms with van der Waals surface area (Å²) in [4.78, 5) is 24.1. The van der Waals surface area contributed by atoms with Gasteiger partial charge in [-0.1, -0.05) is 19.4 Å². The molecule has 2 nitrogen and oxygen atoms in total. The second-order valence-electron chi connectivity index (χ2n) is 8.39. The molecule has 5 atom stereocenters. The Labute approximate surface area is 127 Å². The van der Waals surface area contributed by atoms with Crippen LogP contribution in [-0.4, -0.2) is 11.6 Å². The van der Waals surface area contributed by atoms with Crippen molar-refractivity contribution in [3.8, 4) is 0 Å². The SMILES string of the molecule is C[C@]12CCC(=O)C=C1CC[C@@H]1[C@@H]2CC[C@]2(C)C(=O)CC[14C@@H]12. The Bertz CT molecular complexity index is 546. The van der Waals surface area contributed by atoms with E-state index in [-0.39, 0.29) is 10.8 Å². The van der Waals surface area contributed by atoms with Crippen LogP contribution in [0.25, 0.3) is 0 Å². The average Bonchev–Trinajstić information content (AvgIpc) is 2.76. The Morgan fingerprint density at radius 2 is 1.90 bits per heavy atom. The summed E-state index contributed by atoms with van der Waals surface area (Å²) in [5, 5.41) is 0. The summed E-state index contributed by atoms with van der Waals surface area (Å²) in [7, 11) is 0. The summed E-state index contributed by atoms with van der Waals surface area (Å²) >= 11 is 0. The third kappa shape index (κ3) is 1.71. The lowest BCUT2D eigenvalue weighted by molar-refractivity contribution is -0.132. The summed E-state index contributed by atoms with van der Waals surface area (Å²) < 4.78 is 0. The molecule has 0 aromatic heterocycles. The molecule has 4 aliphatic carbocycles. The molecule has 0 amide bonds. The fourth-order valence-electron chi connectivity index (χ4n) is 6.33. The molecule has 0 aromatic rings. The van der Waals surface area contributed by atoms with E-state index >= 15 is 0 Å². The summed E-state index contributed by atoms with van der Waals surface area (Å²) in [6.45, 7) is 4.64. The fraction of sp³-hybridized carbons (Fsp3) is 0.789. The molecule has 0 radical (unpaired) electrons. The van der Waals surface area contributed by atoms with Crippen LogP contribution in [0.3, 0.4) is 0 Å². The third-order valence-corrected chi connectivity index (χ3v) is 7.67. The van der Waals surface area contributed by atoms with Crippen molar-refractivity contribution < 1.29 is 9.59 Å². The van der Waals surface area contributed by atoms with E-state index in [2.05, 4.69) is 13.8 Å². The molecule has 0 bridgehead atoms. The van der Waals surface area contributed by atoms with Crippen molar-refractivity contribution in [3.63, 3.8) is 0 Å². The molecule has 4 aliphatic rings. The highest BCUT2D eigenvalue weighted by Gasteiger charge is 2.58. The molecule has 2 heteroatoms. The van der Waals surface area contributed by atoms with Crippen LogP contribution in [0, 0.1) is 28.6 Å². The number of hydrogen-bond donors (Lipinski definition) is 0. The highest BCUT2D eigenvalue weighted by atomic mass is 16.1. The minimum Gasteiger partial charge on any atom is -0.299 e. The third-order valence-electron chi connectivity index (χ3n) is 7.67. The Hall–Kier alpha value is -0.920. The molecule has 114 valence electrons. The quantitative estimate of drug-likeness (QED) is 0.673. The van der Waals surface area contributed by atoms with Crippen LogP contribution >= 0.6 is 0 Å². The molecular weight excluding hydrogens is 262 g/mol. The minimum absolute atomic E-state index is 0.0246. The van der Waals surface area contributed by atoms with Crippen LogP contribution in [0.5, 0.6) is 0 Å². The van der Waals surface area contributed by atoms with Gasteiger partial charge in [-0.3, -0.25) is 9.59 Å². The van der Waals surface area contributed by atoms with Crippen LogP contribution in [-0.2, 0) is 9.59 Å². The number of allylic oxidation sites excluding steroid dienone is 1. The van der Waals surface area contributed by atoms with Gasteiger partial charge in [0.25, 0.3) is 0 Å². The van der Waals surface area contributed by atoms with Crippen molar-refractivity contribution in [2.24, 2.45) is 28.6 Å². The highest BCUT2D eigenvalue weighted by molar-refractivity contribution is 5.91. The molecule has 3 fully saturated rings. The smallest absolute Gasteiger partial charge is 0.155 e. The van der Waals surface area contributed by atoms with Crippen molar-refractivity contribution in [1.29, 1.82) is 0 Å². The van der Waals surface area contributed by atoms with E-state index in [1.165, 1.54) is 18.4 Å². The zero-order valence-corrected chi connectivity index (χ0v) is 13.3. The van der Waals surface area contributed by atoms with Gasteiger partial charge in [-0.05, 0) is 67.8 Å². The number of rotatable bonds is 0. The molecular formula is C19H26O2. The Morgan fingerprint density at radius 3 is 2.71 bits per heavy atom. The predicted octanol–water partition coefficient (Wildman–Crippen LogP) is 4.09. The number of hydrogen-bond acceptors (Lipinski definition) is 2. The maximum Gasteiger partial charge on any atom is 0.155 e. The maximum absolute atomic E-state index is 12.4. The summed E-state index contributed by atoms with van der Waals surface area (Å²) in [6.07, 6.45) is 10.2. The number of ketones is 2. The summed E-state index contributed by atoms with van der Waals surface area (Å²) in [5.41, 5.74) is 1.64. The standard InChI is InChI=1S/C19H26O2/c1-18-9-7-13(20)11-12(18)3-4-14-15-5-6-17(21)19(15,2)10-8-16(14)18/h11,14-16H,3-10H2,1-2H3/t14-,15-,16-,18-,19-/m0/s1/i15+2. The van der Waals surface area contributed by atoms with Crippen LogP contribution in [0.15, 0.2) is 11.6 Å². The van der Waals surface area contributed by atoms with E-state index in [0.717, 1.165) is 38.5 Å². The van der Waals surface area contributed by atoms with E-state index in [0.29, 0.717) is 29.3 Å². The largest absolute Gasteiger partial charge is 0.299 e. The lowest BCUT2D eigenvalue weighted by atomic mass is 9.55. The van der Waals surface area contributed by atoms with E-state index in [1.54, 1.807) is 0 Å². The van der Waals surface area contributed by atoms with E-state index in [1.807, 2.05) is 6.08 Å². The van der Waals surface area contributed by atoms with Gasteiger partial charge in [0.05, 0.1) is 0 Å². The molecule has 3 saturated carbocycles. The number of fused-ring (bicyclic) bond motifs is 5. The van der Waals surface area contributed by atoms with E-state index < -0.39 is 0 Å². The zero-order chi connectivity index (χ0) is 14.8. The van der Waals surface area contributed by atoms with Crippen molar-refractivity contribution in [3.05, 3.63) is 11.6 Å². The van der Waals surface area contributed by atoms with Gasteiger partial charge in [-0.2, -0.15) is 0 Å². The van der Waals surface area contributed by atoms with Crippen molar-refractivity contribution in [2.75, 3.05) is 0 Å². The van der Waals surface area contributed by atoms with E-state index in [9.17, 15) is 9.59 Å². The second kappa shape index (κ2) is 4.30. The minimum atomic E-state index is -0.0246. The molecule has 0 saturated heterocycles. The van der Waals surface area contributed by atoms with Gasteiger partial charge in [0, 0.05) is 18.3 Å². The van der Waals surface area contributed by atoms with Gasteiger partial charge in [0.1, 0.15) is 5.78 Å². The monoisotopic (exact) mass is 288 g/mol. The van der Waals surface area contributed by atoms with Gasteiger partial charge in [0.15, 0.2) is 5.78 Å². The number of Topliss-reactive ketones (excluding diaryl/α,β-unsaturated/α-hetero) is 1. The molecule has 0 heterocycles. The van der Waals surface area contributed by atoms with Crippen LogP contribution in [0.2, 0.25) is 0 Å². The van der Waals surface area contributed by atoms with Crippen LogP contribution < -0.4 is 0 Å². The highest BCUT2D eigenvalue weighted by Crippen LogP contribution is 2.64. The van der Waals surface area contributed by atoms with Gasteiger partial charge in [0.2, 0.25) is 0 Å². The molecule has 0 spiro atoms. The Morgan fingerprint density at radius 1 is 1.10 bits per heavy atom. The van der Waals surface area contributed by atoms with E-state index in [4.69, 9.17) is 0 Å². The Balaban J connectivity index is 1.70.